The third-order valence-electron chi connectivity index (χ3n) is 7.18. The first-order chi connectivity index (χ1) is 18.2. The second kappa shape index (κ2) is 12.3. The van der Waals surface area contributed by atoms with Crippen molar-refractivity contribution in [3.8, 4) is 10.4 Å². The first-order valence-corrected chi connectivity index (χ1v) is 13.9. The van der Waals surface area contributed by atoms with E-state index in [2.05, 4.69) is 71.6 Å². The summed E-state index contributed by atoms with van der Waals surface area (Å²) in [5.41, 5.74) is 10.2. The molecule has 1 atom stereocenters. The van der Waals surface area contributed by atoms with Crippen LogP contribution in [0.25, 0.3) is 10.4 Å². The third kappa shape index (κ3) is 6.55. The van der Waals surface area contributed by atoms with E-state index in [1.54, 1.807) is 11.3 Å². The Hall–Kier alpha value is -3.25. The van der Waals surface area contributed by atoms with Crippen LogP contribution in [0.2, 0.25) is 0 Å². The molecule has 0 spiro atoms. The number of esters is 1. The number of likely N-dealkylation sites (tertiary alicyclic amines) is 1. The van der Waals surface area contributed by atoms with Crippen molar-refractivity contribution in [3.63, 3.8) is 0 Å². The normalized spacial score (nSPS) is 15.4. The summed E-state index contributed by atoms with van der Waals surface area (Å²) in [6.07, 6.45) is 2.10. The fourth-order valence-corrected chi connectivity index (χ4v) is 5.92. The summed E-state index contributed by atoms with van der Waals surface area (Å²) in [5.74, 6) is -0.200. The first-order valence-electron chi connectivity index (χ1n) is 13.1. The van der Waals surface area contributed by atoms with Crippen LogP contribution >= 0.6 is 11.3 Å². The van der Waals surface area contributed by atoms with Crippen molar-refractivity contribution in [1.29, 1.82) is 0 Å². The van der Waals surface area contributed by atoms with Gasteiger partial charge in [-0.25, -0.2) is 0 Å². The van der Waals surface area contributed by atoms with E-state index in [0.29, 0.717) is 19.1 Å². The van der Waals surface area contributed by atoms with E-state index in [9.17, 15) is 4.79 Å². The lowest BCUT2D eigenvalue weighted by molar-refractivity contribution is -0.146. The van der Waals surface area contributed by atoms with Crippen LogP contribution in [0.3, 0.4) is 0 Å². The van der Waals surface area contributed by atoms with Gasteiger partial charge in [0, 0.05) is 22.8 Å². The minimum atomic E-state index is -0.434. The summed E-state index contributed by atoms with van der Waals surface area (Å²) in [7, 11) is 0. The molecule has 0 aliphatic carbocycles. The van der Waals surface area contributed by atoms with Gasteiger partial charge in [-0.1, -0.05) is 84.9 Å². The largest absolute Gasteiger partial charge is 0.465 e. The molecule has 190 valence electrons. The van der Waals surface area contributed by atoms with Gasteiger partial charge in [-0.3, -0.25) is 9.69 Å². The maximum atomic E-state index is 13.4. The third-order valence-corrected chi connectivity index (χ3v) is 8.33. The second-order valence-electron chi connectivity index (χ2n) is 9.77. The number of rotatable bonds is 9. The van der Waals surface area contributed by atoms with E-state index in [4.69, 9.17) is 10.5 Å². The average molecular weight is 511 g/mol. The number of benzene rings is 3. The molecule has 4 nitrogen and oxygen atoms in total. The fraction of sp³-hybridized carbons (Fsp3) is 0.281. The molecule has 1 aromatic heterocycles. The highest BCUT2D eigenvalue weighted by Gasteiger charge is 2.27. The predicted octanol–water partition coefficient (Wildman–Crippen LogP) is 6.46. The highest BCUT2D eigenvalue weighted by molar-refractivity contribution is 7.15. The lowest BCUT2D eigenvalue weighted by Crippen LogP contribution is -2.35. The number of ether oxygens (including phenoxy) is 1. The Labute approximate surface area is 223 Å². The molecule has 5 heteroatoms. The SMILES string of the molecule is NCc1ccc(-c2ccc(C(C(=O)OCC3CCN(Cc4ccccc4)CC3)c3ccccc3)cc2)s1. The van der Waals surface area contributed by atoms with Gasteiger partial charge in [0.05, 0.1) is 6.61 Å². The van der Waals surface area contributed by atoms with Crippen molar-refractivity contribution in [3.05, 3.63) is 119 Å². The molecule has 0 saturated carbocycles. The van der Waals surface area contributed by atoms with Crippen LogP contribution in [-0.4, -0.2) is 30.6 Å². The Balaban J connectivity index is 1.22. The Morgan fingerprint density at radius 1 is 0.865 bits per heavy atom. The lowest BCUT2D eigenvalue weighted by atomic mass is 9.90. The summed E-state index contributed by atoms with van der Waals surface area (Å²) >= 11 is 1.71. The molecule has 0 bridgehead atoms. The van der Waals surface area contributed by atoms with Gasteiger partial charge in [0.25, 0.3) is 0 Å². The van der Waals surface area contributed by atoms with E-state index in [-0.39, 0.29) is 5.97 Å². The number of nitrogens with two attached hydrogens (primary N) is 1. The quantitative estimate of drug-likeness (QED) is 0.263. The molecular weight excluding hydrogens is 476 g/mol. The average Bonchev–Trinajstić information content (AvgIpc) is 3.44. The van der Waals surface area contributed by atoms with Crippen molar-refractivity contribution in [1.82, 2.24) is 4.90 Å². The zero-order chi connectivity index (χ0) is 25.5. The highest BCUT2D eigenvalue weighted by atomic mass is 32.1. The number of piperidine rings is 1. The zero-order valence-corrected chi connectivity index (χ0v) is 21.9. The molecule has 5 rings (SSSR count). The van der Waals surface area contributed by atoms with Crippen molar-refractivity contribution in [2.75, 3.05) is 19.7 Å². The molecule has 1 aliphatic rings. The molecular formula is C32H34N2O2S. The van der Waals surface area contributed by atoms with Crippen LogP contribution in [0, 0.1) is 5.92 Å². The maximum Gasteiger partial charge on any atom is 0.317 e. The summed E-state index contributed by atoms with van der Waals surface area (Å²) < 4.78 is 5.97. The van der Waals surface area contributed by atoms with E-state index in [1.807, 2.05) is 30.3 Å². The number of carbonyl (C=O) groups excluding carboxylic acids is 1. The Morgan fingerprint density at radius 2 is 1.51 bits per heavy atom. The second-order valence-corrected chi connectivity index (χ2v) is 10.9. The van der Waals surface area contributed by atoms with E-state index in [0.717, 1.165) is 54.0 Å². The van der Waals surface area contributed by atoms with Gasteiger partial charge < -0.3 is 10.5 Å². The van der Waals surface area contributed by atoms with E-state index in [1.165, 1.54) is 10.4 Å². The summed E-state index contributed by atoms with van der Waals surface area (Å²) in [4.78, 5) is 18.3. The van der Waals surface area contributed by atoms with Crippen LogP contribution in [0.15, 0.2) is 97.1 Å². The number of nitrogens with zero attached hydrogens (tertiary/aromatic N) is 1. The number of thiophene rings is 1. The van der Waals surface area contributed by atoms with Gasteiger partial charge in [0.1, 0.15) is 5.92 Å². The van der Waals surface area contributed by atoms with E-state index < -0.39 is 5.92 Å². The smallest absolute Gasteiger partial charge is 0.317 e. The summed E-state index contributed by atoms with van der Waals surface area (Å²) in [6.45, 7) is 4.09. The molecule has 0 amide bonds. The summed E-state index contributed by atoms with van der Waals surface area (Å²) in [5, 5.41) is 0. The van der Waals surface area contributed by atoms with Crippen LogP contribution in [-0.2, 0) is 22.6 Å². The lowest BCUT2D eigenvalue weighted by Gasteiger charge is -2.32. The molecule has 3 aromatic carbocycles. The molecule has 1 fully saturated rings. The zero-order valence-electron chi connectivity index (χ0n) is 21.1. The maximum absolute atomic E-state index is 13.4. The minimum absolute atomic E-state index is 0.174. The molecule has 1 saturated heterocycles. The molecule has 1 aliphatic heterocycles. The van der Waals surface area contributed by atoms with Gasteiger partial charge in [0.15, 0.2) is 0 Å². The number of carbonyl (C=O) groups is 1. The van der Waals surface area contributed by atoms with Gasteiger partial charge in [0.2, 0.25) is 0 Å². The van der Waals surface area contributed by atoms with Crippen LogP contribution < -0.4 is 5.73 Å². The highest BCUT2D eigenvalue weighted by Crippen LogP contribution is 2.32. The minimum Gasteiger partial charge on any atom is -0.465 e. The standard InChI is InChI=1S/C32H34N2O2S/c33-21-29-15-16-30(37-29)26-11-13-28(14-12-26)31(27-9-5-2-6-10-27)32(35)36-23-25-17-19-34(20-18-25)22-24-7-3-1-4-8-24/h1-16,25,31H,17-23,33H2. The summed E-state index contributed by atoms with van der Waals surface area (Å²) in [6, 6.07) is 33.0. The van der Waals surface area contributed by atoms with Gasteiger partial charge in [-0.2, -0.15) is 0 Å². The Bertz CT molecular complexity index is 1260. The van der Waals surface area contributed by atoms with Crippen molar-refractivity contribution < 1.29 is 9.53 Å². The van der Waals surface area contributed by atoms with Crippen LogP contribution in [0.4, 0.5) is 0 Å². The Morgan fingerprint density at radius 3 is 2.16 bits per heavy atom. The Kier molecular flexibility index (Phi) is 8.46. The van der Waals surface area contributed by atoms with Gasteiger partial charge in [-0.05, 0) is 66.2 Å². The molecule has 0 radical (unpaired) electrons. The van der Waals surface area contributed by atoms with Crippen LogP contribution in [0.1, 0.15) is 40.3 Å². The van der Waals surface area contributed by atoms with Gasteiger partial charge in [-0.15, -0.1) is 11.3 Å². The molecule has 1 unspecified atom stereocenters. The number of hydrogen-bond donors (Lipinski definition) is 1. The van der Waals surface area contributed by atoms with Crippen LogP contribution in [0.5, 0.6) is 0 Å². The monoisotopic (exact) mass is 510 g/mol. The molecule has 37 heavy (non-hydrogen) atoms. The molecule has 4 aromatic rings. The van der Waals surface area contributed by atoms with E-state index >= 15 is 0 Å². The van der Waals surface area contributed by atoms with Crippen molar-refractivity contribution >= 4 is 17.3 Å². The first kappa shape index (κ1) is 25.4. The van der Waals surface area contributed by atoms with Crippen molar-refractivity contribution in [2.24, 2.45) is 11.7 Å². The topological polar surface area (TPSA) is 55.6 Å². The predicted molar refractivity (Wildman–Crippen MR) is 151 cm³/mol. The number of hydrogen-bond acceptors (Lipinski definition) is 5. The van der Waals surface area contributed by atoms with Gasteiger partial charge >= 0.3 is 5.97 Å². The van der Waals surface area contributed by atoms with Crippen molar-refractivity contribution in [2.45, 2.75) is 31.8 Å². The fourth-order valence-electron chi connectivity index (χ4n) is 5.03. The molecule has 2 N–H and O–H groups in total. The molecule has 2 heterocycles.